The molecular weight excluding hydrogens is 250 g/mol. The SMILES string of the molecule is COc1c(NC(=O)CO)cc(Cl)cc1C(=O)O. The van der Waals surface area contributed by atoms with Crippen LogP contribution in [0.25, 0.3) is 0 Å². The number of carbonyl (C=O) groups is 2. The monoisotopic (exact) mass is 259 g/mol. The largest absolute Gasteiger partial charge is 0.494 e. The fraction of sp³-hybridized carbons (Fsp3) is 0.200. The first-order valence-corrected chi connectivity index (χ1v) is 4.89. The minimum Gasteiger partial charge on any atom is -0.494 e. The zero-order valence-electron chi connectivity index (χ0n) is 8.86. The smallest absolute Gasteiger partial charge is 0.339 e. The van der Waals surface area contributed by atoms with Gasteiger partial charge in [0.15, 0.2) is 5.75 Å². The number of halogens is 1. The van der Waals surface area contributed by atoms with Gasteiger partial charge in [-0.1, -0.05) is 11.6 Å². The van der Waals surface area contributed by atoms with E-state index in [0.717, 1.165) is 0 Å². The van der Waals surface area contributed by atoms with Gasteiger partial charge in [0.1, 0.15) is 12.2 Å². The molecule has 0 aromatic heterocycles. The third-order valence-corrected chi connectivity index (χ3v) is 2.12. The Hall–Kier alpha value is -1.79. The first-order chi connectivity index (χ1) is 7.99. The van der Waals surface area contributed by atoms with Crippen LogP contribution in [0.4, 0.5) is 5.69 Å². The van der Waals surface area contributed by atoms with Crippen molar-refractivity contribution in [3.05, 3.63) is 22.7 Å². The van der Waals surface area contributed by atoms with Gasteiger partial charge in [-0.3, -0.25) is 4.79 Å². The molecule has 92 valence electrons. The summed E-state index contributed by atoms with van der Waals surface area (Å²) in [6, 6.07) is 2.54. The standard InChI is InChI=1S/C10H10ClNO5/c1-17-9-6(10(15)16)2-5(11)3-7(9)12-8(14)4-13/h2-3,13H,4H2,1H3,(H,12,14)(H,15,16). The quantitative estimate of drug-likeness (QED) is 0.749. The Balaban J connectivity index is 3.27. The number of aliphatic hydroxyl groups is 1. The average Bonchev–Trinajstić information content (AvgIpc) is 2.28. The maximum atomic E-state index is 11.0. The maximum Gasteiger partial charge on any atom is 0.339 e. The number of aromatic carboxylic acids is 1. The summed E-state index contributed by atoms with van der Waals surface area (Å²) in [5.41, 5.74) is -0.0790. The highest BCUT2D eigenvalue weighted by molar-refractivity contribution is 6.31. The molecule has 1 amide bonds. The Labute approximate surface area is 102 Å². The van der Waals surface area contributed by atoms with Crippen LogP contribution in [0.2, 0.25) is 5.02 Å². The third kappa shape index (κ3) is 3.08. The van der Waals surface area contributed by atoms with Crippen molar-refractivity contribution in [1.29, 1.82) is 0 Å². The van der Waals surface area contributed by atoms with Gasteiger partial charge in [0.2, 0.25) is 5.91 Å². The van der Waals surface area contributed by atoms with Gasteiger partial charge < -0.3 is 20.3 Å². The minimum atomic E-state index is -1.23. The van der Waals surface area contributed by atoms with Crippen molar-refractivity contribution in [2.24, 2.45) is 0 Å². The van der Waals surface area contributed by atoms with E-state index < -0.39 is 18.5 Å². The summed E-state index contributed by atoms with van der Waals surface area (Å²) in [5.74, 6) is -1.95. The van der Waals surface area contributed by atoms with Crippen LogP contribution in [-0.4, -0.2) is 35.8 Å². The number of nitrogens with one attached hydrogen (secondary N) is 1. The summed E-state index contributed by atoms with van der Waals surface area (Å²) in [6.45, 7) is -0.724. The number of aliphatic hydroxyl groups excluding tert-OH is 1. The number of benzene rings is 1. The second-order valence-corrected chi connectivity index (χ2v) is 3.48. The molecule has 17 heavy (non-hydrogen) atoms. The number of hydrogen-bond acceptors (Lipinski definition) is 4. The van der Waals surface area contributed by atoms with Crippen LogP contribution < -0.4 is 10.1 Å². The Kier molecular flexibility index (Phi) is 4.30. The van der Waals surface area contributed by atoms with Crippen molar-refractivity contribution < 1.29 is 24.5 Å². The van der Waals surface area contributed by atoms with Crippen LogP contribution in [0.5, 0.6) is 5.75 Å². The van der Waals surface area contributed by atoms with Crippen LogP contribution >= 0.6 is 11.6 Å². The van der Waals surface area contributed by atoms with Crippen molar-refractivity contribution in [3.63, 3.8) is 0 Å². The zero-order chi connectivity index (χ0) is 13.0. The molecule has 1 aromatic carbocycles. The molecule has 7 heteroatoms. The molecule has 0 aliphatic rings. The molecule has 3 N–H and O–H groups in total. The van der Waals surface area contributed by atoms with Gasteiger partial charge in [-0.15, -0.1) is 0 Å². The van der Waals surface area contributed by atoms with E-state index in [1.807, 2.05) is 0 Å². The van der Waals surface area contributed by atoms with E-state index in [0.29, 0.717) is 0 Å². The summed E-state index contributed by atoms with van der Waals surface area (Å²) >= 11 is 5.72. The van der Waals surface area contributed by atoms with Crippen LogP contribution in [0.15, 0.2) is 12.1 Å². The molecule has 0 aliphatic heterocycles. The Bertz CT molecular complexity index is 460. The van der Waals surface area contributed by atoms with E-state index in [1.165, 1.54) is 19.2 Å². The Morgan fingerprint density at radius 2 is 2.12 bits per heavy atom. The predicted molar refractivity (Wildman–Crippen MR) is 60.7 cm³/mol. The number of anilines is 1. The normalized spacial score (nSPS) is 9.82. The van der Waals surface area contributed by atoms with Gasteiger partial charge in [0.05, 0.1) is 12.8 Å². The number of methoxy groups -OCH3 is 1. The topological polar surface area (TPSA) is 95.9 Å². The zero-order valence-corrected chi connectivity index (χ0v) is 9.61. The highest BCUT2D eigenvalue weighted by Gasteiger charge is 2.17. The van der Waals surface area contributed by atoms with Gasteiger partial charge in [-0.25, -0.2) is 4.79 Å². The van der Waals surface area contributed by atoms with E-state index in [9.17, 15) is 9.59 Å². The summed E-state index contributed by atoms with van der Waals surface area (Å²) < 4.78 is 4.90. The molecule has 0 atom stereocenters. The molecule has 0 saturated heterocycles. The van der Waals surface area contributed by atoms with Crippen LogP contribution in [0, 0.1) is 0 Å². The maximum absolute atomic E-state index is 11.0. The van der Waals surface area contributed by atoms with Crippen molar-refractivity contribution in [2.75, 3.05) is 19.0 Å². The number of amides is 1. The average molecular weight is 260 g/mol. The number of carboxylic acids is 1. The van der Waals surface area contributed by atoms with Gasteiger partial charge in [0.25, 0.3) is 0 Å². The highest BCUT2D eigenvalue weighted by Crippen LogP contribution is 2.32. The van der Waals surface area contributed by atoms with Gasteiger partial charge in [-0.2, -0.15) is 0 Å². The van der Waals surface area contributed by atoms with Crippen LogP contribution in [0.1, 0.15) is 10.4 Å². The van der Waals surface area contributed by atoms with Crippen LogP contribution in [0.3, 0.4) is 0 Å². The molecule has 0 unspecified atom stereocenters. The lowest BCUT2D eigenvalue weighted by Crippen LogP contribution is -2.17. The molecule has 0 saturated carbocycles. The molecule has 0 bridgehead atoms. The Morgan fingerprint density at radius 1 is 1.47 bits per heavy atom. The van der Waals surface area contributed by atoms with Crippen molar-refractivity contribution in [2.45, 2.75) is 0 Å². The van der Waals surface area contributed by atoms with Crippen molar-refractivity contribution in [1.82, 2.24) is 0 Å². The van der Waals surface area contributed by atoms with E-state index >= 15 is 0 Å². The number of hydrogen-bond donors (Lipinski definition) is 3. The molecule has 0 heterocycles. The number of ether oxygens (including phenoxy) is 1. The minimum absolute atomic E-state index is 0.0244. The molecule has 0 spiro atoms. The predicted octanol–water partition coefficient (Wildman–Crippen LogP) is 0.978. The van der Waals surface area contributed by atoms with Gasteiger partial charge >= 0.3 is 5.97 Å². The first kappa shape index (κ1) is 13.3. The molecule has 0 radical (unpaired) electrons. The number of carboxylic acid groups (broad SMARTS) is 1. The van der Waals surface area contributed by atoms with E-state index in [2.05, 4.69) is 5.32 Å². The highest BCUT2D eigenvalue weighted by atomic mass is 35.5. The fourth-order valence-electron chi connectivity index (χ4n) is 1.25. The second kappa shape index (κ2) is 5.51. The Morgan fingerprint density at radius 3 is 2.59 bits per heavy atom. The molecule has 0 aliphatic carbocycles. The lowest BCUT2D eigenvalue weighted by molar-refractivity contribution is -0.118. The number of carbonyl (C=O) groups excluding carboxylic acids is 1. The molecule has 1 aromatic rings. The van der Waals surface area contributed by atoms with Gasteiger partial charge in [0, 0.05) is 5.02 Å². The lowest BCUT2D eigenvalue weighted by Gasteiger charge is -2.12. The van der Waals surface area contributed by atoms with Crippen LogP contribution in [-0.2, 0) is 4.79 Å². The summed E-state index contributed by atoms with van der Waals surface area (Å²) in [5, 5.41) is 20.0. The lowest BCUT2D eigenvalue weighted by atomic mass is 10.1. The summed E-state index contributed by atoms with van der Waals surface area (Å²) in [7, 11) is 1.27. The second-order valence-electron chi connectivity index (χ2n) is 3.05. The van der Waals surface area contributed by atoms with E-state index in [4.69, 9.17) is 26.6 Å². The summed E-state index contributed by atoms with van der Waals surface area (Å²) in [4.78, 5) is 22.0. The number of rotatable bonds is 4. The van der Waals surface area contributed by atoms with Crippen molar-refractivity contribution >= 4 is 29.2 Å². The molecular formula is C10H10ClNO5. The molecule has 1 rings (SSSR count). The molecule has 6 nitrogen and oxygen atoms in total. The third-order valence-electron chi connectivity index (χ3n) is 1.91. The van der Waals surface area contributed by atoms with Crippen molar-refractivity contribution in [3.8, 4) is 5.75 Å². The summed E-state index contributed by atoms with van der Waals surface area (Å²) in [6.07, 6.45) is 0. The molecule has 0 fully saturated rings. The van der Waals surface area contributed by atoms with E-state index in [-0.39, 0.29) is 22.0 Å². The fourth-order valence-corrected chi connectivity index (χ4v) is 1.47. The van der Waals surface area contributed by atoms with Gasteiger partial charge in [-0.05, 0) is 12.1 Å². The first-order valence-electron chi connectivity index (χ1n) is 4.51. The van der Waals surface area contributed by atoms with E-state index in [1.54, 1.807) is 0 Å².